The van der Waals surface area contributed by atoms with Gasteiger partial charge in [-0.1, -0.05) is 19.0 Å². The summed E-state index contributed by atoms with van der Waals surface area (Å²) in [6.45, 7) is 11.4. The highest BCUT2D eigenvalue weighted by molar-refractivity contribution is 5.05. The van der Waals surface area contributed by atoms with Gasteiger partial charge in [0, 0.05) is 32.7 Å². The first kappa shape index (κ1) is 14.0. The zero-order valence-corrected chi connectivity index (χ0v) is 12.5. The molecular formula is C14H24N4O2. The van der Waals surface area contributed by atoms with Crippen molar-refractivity contribution in [2.45, 2.75) is 38.8 Å². The van der Waals surface area contributed by atoms with E-state index in [1.165, 1.54) is 0 Å². The Labute approximate surface area is 119 Å². The molecule has 2 bridgehead atoms. The van der Waals surface area contributed by atoms with Crippen LogP contribution >= 0.6 is 0 Å². The van der Waals surface area contributed by atoms with E-state index in [0.29, 0.717) is 5.89 Å². The summed E-state index contributed by atoms with van der Waals surface area (Å²) in [4.78, 5) is 9.47. The maximum absolute atomic E-state index is 9.91. The van der Waals surface area contributed by atoms with Gasteiger partial charge >= 0.3 is 0 Å². The molecule has 3 aliphatic rings. The van der Waals surface area contributed by atoms with Crippen LogP contribution in [0, 0.1) is 5.92 Å². The van der Waals surface area contributed by atoms with Crippen LogP contribution in [0.25, 0.3) is 0 Å². The summed E-state index contributed by atoms with van der Waals surface area (Å²) in [7, 11) is 0. The molecule has 4 heterocycles. The average molecular weight is 280 g/mol. The maximum Gasteiger partial charge on any atom is 0.232 e. The van der Waals surface area contributed by atoms with E-state index in [-0.39, 0.29) is 17.9 Å². The van der Waals surface area contributed by atoms with Crippen LogP contribution < -0.4 is 0 Å². The van der Waals surface area contributed by atoms with Crippen LogP contribution in [0.15, 0.2) is 4.52 Å². The smallest absolute Gasteiger partial charge is 0.232 e. The lowest BCUT2D eigenvalue weighted by Crippen LogP contribution is -2.57. The van der Waals surface area contributed by atoms with Gasteiger partial charge in [-0.2, -0.15) is 4.98 Å². The highest BCUT2D eigenvalue weighted by Crippen LogP contribution is 2.30. The van der Waals surface area contributed by atoms with Gasteiger partial charge in [0.2, 0.25) is 5.89 Å². The molecule has 0 aromatic carbocycles. The molecule has 1 N–H and O–H groups in total. The van der Waals surface area contributed by atoms with Gasteiger partial charge in [-0.3, -0.25) is 9.80 Å². The molecule has 6 heteroatoms. The van der Waals surface area contributed by atoms with Crippen LogP contribution in [0.3, 0.4) is 0 Å². The Bertz CT molecular complexity index is 444. The Kier molecular flexibility index (Phi) is 3.79. The van der Waals surface area contributed by atoms with Crippen molar-refractivity contribution in [3.63, 3.8) is 0 Å². The molecule has 0 amide bonds. The first-order valence-electron chi connectivity index (χ1n) is 7.54. The number of aromatic nitrogens is 2. The van der Waals surface area contributed by atoms with Crippen LogP contribution in [-0.2, 0) is 0 Å². The maximum atomic E-state index is 9.91. The van der Waals surface area contributed by atoms with Gasteiger partial charge < -0.3 is 9.63 Å². The summed E-state index contributed by atoms with van der Waals surface area (Å²) in [5, 5.41) is 14.1. The van der Waals surface area contributed by atoms with E-state index in [0.717, 1.165) is 38.5 Å². The zero-order chi connectivity index (χ0) is 14.3. The number of piperazine rings is 3. The summed E-state index contributed by atoms with van der Waals surface area (Å²) < 4.78 is 5.44. The highest BCUT2D eigenvalue weighted by Gasteiger charge is 2.36. The molecule has 0 aliphatic carbocycles. The second-order valence-electron chi connectivity index (χ2n) is 6.35. The van der Waals surface area contributed by atoms with E-state index in [9.17, 15) is 5.11 Å². The average Bonchev–Trinajstić information content (AvgIpc) is 2.88. The topological polar surface area (TPSA) is 65.6 Å². The Morgan fingerprint density at radius 2 is 1.90 bits per heavy atom. The summed E-state index contributed by atoms with van der Waals surface area (Å²) >= 11 is 0. The van der Waals surface area contributed by atoms with E-state index in [1.807, 2.05) is 0 Å². The number of aliphatic hydroxyl groups is 1. The van der Waals surface area contributed by atoms with E-state index < -0.39 is 6.10 Å². The SMILES string of the molecule is CC(C)C(c1nc(C2CN3CCN2CC3)no1)C(C)O. The number of hydrogen-bond donors (Lipinski definition) is 1. The Balaban J connectivity index is 1.79. The normalized spacial score (nSPS) is 32.5. The molecule has 3 saturated heterocycles. The first-order valence-corrected chi connectivity index (χ1v) is 7.54. The number of aliphatic hydroxyl groups excluding tert-OH is 1. The van der Waals surface area contributed by atoms with Gasteiger partial charge in [-0.15, -0.1) is 0 Å². The Morgan fingerprint density at radius 1 is 1.20 bits per heavy atom. The molecule has 0 saturated carbocycles. The lowest BCUT2D eigenvalue weighted by Gasteiger charge is -2.46. The fraction of sp³-hybridized carbons (Fsp3) is 0.857. The van der Waals surface area contributed by atoms with Gasteiger partial charge in [-0.25, -0.2) is 0 Å². The molecule has 3 fully saturated rings. The van der Waals surface area contributed by atoms with Gasteiger partial charge in [0.25, 0.3) is 0 Å². The summed E-state index contributed by atoms with van der Waals surface area (Å²) in [5.41, 5.74) is 0. The van der Waals surface area contributed by atoms with E-state index in [4.69, 9.17) is 4.52 Å². The molecule has 4 rings (SSSR count). The second kappa shape index (κ2) is 5.42. The predicted octanol–water partition coefficient (Wildman–Crippen LogP) is 0.862. The van der Waals surface area contributed by atoms with E-state index in [1.54, 1.807) is 6.92 Å². The number of nitrogens with zero attached hydrogens (tertiary/aromatic N) is 4. The monoisotopic (exact) mass is 280 g/mol. The van der Waals surface area contributed by atoms with E-state index in [2.05, 4.69) is 33.8 Å². The number of hydrogen-bond acceptors (Lipinski definition) is 6. The number of fused-ring (bicyclic) bond motifs is 3. The van der Waals surface area contributed by atoms with Crippen molar-refractivity contribution >= 4 is 0 Å². The van der Waals surface area contributed by atoms with Crippen molar-refractivity contribution in [1.29, 1.82) is 0 Å². The molecule has 112 valence electrons. The molecule has 3 atom stereocenters. The van der Waals surface area contributed by atoms with Gasteiger partial charge in [0.15, 0.2) is 5.82 Å². The molecule has 1 aromatic rings. The molecule has 3 aliphatic heterocycles. The molecule has 20 heavy (non-hydrogen) atoms. The van der Waals surface area contributed by atoms with Crippen LogP contribution in [0.5, 0.6) is 0 Å². The molecular weight excluding hydrogens is 256 g/mol. The third-order valence-corrected chi connectivity index (χ3v) is 4.56. The van der Waals surface area contributed by atoms with Crippen molar-refractivity contribution < 1.29 is 9.63 Å². The van der Waals surface area contributed by atoms with Crippen LogP contribution in [0.1, 0.15) is 44.4 Å². The van der Waals surface area contributed by atoms with Crippen molar-refractivity contribution in [2.75, 3.05) is 32.7 Å². The third kappa shape index (κ3) is 2.47. The van der Waals surface area contributed by atoms with Crippen LogP contribution in [-0.4, -0.2) is 63.9 Å². The molecule has 0 radical (unpaired) electrons. The van der Waals surface area contributed by atoms with Crippen LogP contribution in [0.2, 0.25) is 0 Å². The lowest BCUT2D eigenvalue weighted by molar-refractivity contribution is 0.00780. The molecule has 1 aromatic heterocycles. The predicted molar refractivity (Wildman–Crippen MR) is 74.3 cm³/mol. The summed E-state index contributed by atoms with van der Waals surface area (Å²) in [6, 6.07) is 0.247. The standard InChI is InChI=1S/C14H24N4O2/c1-9(2)12(10(3)19)14-15-13(16-20-14)11-8-17-4-6-18(11)7-5-17/h9-12,19H,4-8H2,1-3H3. The van der Waals surface area contributed by atoms with Crippen molar-refractivity contribution in [3.05, 3.63) is 11.7 Å². The summed E-state index contributed by atoms with van der Waals surface area (Å²) in [6.07, 6.45) is -0.477. The van der Waals surface area contributed by atoms with Gasteiger partial charge in [0.05, 0.1) is 18.1 Å². The first-order chi connectivity index (χ1) is 9.56. The van der Waals surface area contributed by atoms with Crippen LogP contribution in [0.4, 0.5) is 0 Å². The molecule has 0 spiro atoms. The number of rotatable bonds is 4. The fourth-order valence-corrected chi connectivity index (χ4v) is 3.43. The second-order valence-corrected chi connectivity index (χ2v) is 6.35. The quantitative estimate of drug-likeness (QED) is 0.882. The third-order valence-electron chi connectivity index (χ3n) is 4.56. The highest BCUT2D eigenvalue weighted by atomic mass is 16.5. The van der Waals surface area contributed by atoms with Gasteiger partial charge in [0.1, 0.15) is 0 Å². The molecule has 3 unspecified atom stereocenters. The Hall–Kier alpha value is -0.980. The zero-order valence-electron chi connectivity index (χ0n) is 12.5. The fourth-order valence-electron chi connectivity index (χ4n) is 3.43. The summed E-state index contributed by atoms with van der Waals surface area (Å²) in [5.74, 6) is 1.53. The van der Waals surface area contributed by atoms with Crippen molar-refractivity contribution in [2.24, 2.45) is 5.92 Å². The lowest BCUT2D eigenvalue weighted by atomic mass is 9.91. The van der Waals surface area contributed by atoms with Crippen molar-refractivity contribution in [3.8, 4) is 0 Å². The largest absolute Gasteiger partial charge is 0.393 e. The minimum atomic E-state index is -0.477. The minimum Gasteiger partial charge on any atom is -0.393 e. The Morgan fingerprint density at radius 3 is 2.40 bits per heavy atom. The minimum absolute atomic E-state index is 0.0904. The molecule has 6 nitrogen and oxygen atoms in total. The van der Waals surface area contributed by atoms with E-state index >= 15 is 0 Å². The van der Waals surface area contributed by atoms with Gasteiger partial charge in [-0.05, 0) is 12.8 Å². The van der Waals surface area contributed by atoms with Crippen molar-refractivity contribution in [1.82, 2.24) is 19.9 Å².